The number of carbonyl (C=O) groups excluding carboxylic acids is 1. The van der Waals surface area contributed by atoms with Crippen LogP contribution in [0.3, 0.4) is 0 Å². The van der Waals surface area contributed by atoms with E-state index >= 15 is 0 Å². The van der Waals surface area contributed by atoms with E-state index in [2.05, 4.69) is 12.2 Å². The SMILES string of the molecule is CCCn1cc(N)cc1C(=O)NCC1(CCO)CC1. The van der Waals surface area contributed by atoms with Gasteiger partial charge in [-0.25, -0.2) is 0 Å². The van der Waals surface area contributed by atoms with E-state index in [1.807, 2.05) is 4.57 Å². The first-order valence-corrected chi connectivity index (χ1v) is 6.95. The van der Waals surface area contributed by atoms with Gasteiger partial charge in [0.25, 0.3) is 5.91 Å². The summed E-state index contributed by atoms with van der Waals surface area (Å²) < 4.78 is 1.90. The monoisotopic (exact) mass is 265 g/mol. The molecule has 19 heavy (non-hydrogen) atoms. The molecule has 5 nitrogen and oxygen atoms in total. The maximum Gasteiger partial charge on any atom is 0.268 e. The molecule has 0 bridgehead atoms. The Labute approximate surface area is 113 Å². The van der Waals surface area contributed by atoms with Crippen molar-refractivity contribution in [1.82, 2.24) is 9.88 Å². The number of amides is 1. The predicted molar refractivity (Wildman–Crippen MR) is 74.8 cm³/mol. The third-order valence-corrected chi connectivity index (χ3v) is 3.84. The van der Waals surface area contributed by atoms with E-state index < -0.39 is 0 Å². The number of aryl methyl sites for hydroxylation is 1. The summed E-state index contributed by atoms with van der Waals surface area (Å²) in [4.78, 5) is 12.2. The summed E-state index contributed by atoms with van der Waals surface area (Å²) in [6, 6.07) is 1.72. The van der Waals surface area contributed by atoms with Crippen LogP contribution in [0.2, 0.25) is 0 Å². The zero-order chi connectivity index (χ0) is 13.9. The fourth-order valence-corrected chi connectivity index (χ4v) is 2.44. The highest BCUT2D eigenvalue weighted by molar-refractivity contribution is 5.93. The number of hydrogen-bond donors (Lipinski definition) is 3. The Hall–Kier alpha value is -1.49. The average molecular weight is 265 g/mol. The van der Waals surface area contributed by atoms with E-state index in [0.717, 1.165) is 32.2 Å². The van der Waals surface area contributed by atoms with Gasteiger partial charge >= 0.3 is 0 Å². The van der Waals surface area contributed by atoms with Crippen molar-refractivity contribution in [3.05, 3.63) is 18.0 Å². The van der Waals surface area contributed by atoms with Gasteiger partial charge in [-0.05, 0) is 37.2 Å². The molecule has 5 heteroatoms. The van der Waals surface area contributed by atoms with Crippen molar-refractivity contribution in [2.75, 3.05) is 18.9 Å². The summed E-state index contributed by atoms with van der Waals surface area (Å²) in [5.74, 6) is -0.0747. The standard InChI is InChI=1S/C14H23N3O2/c1-2-6-17-9-11(15)8-12(17)13(19)16-10-14(3-4-14)5-7-18/h8-9,18H,2-7,10,15H2,1H3,(H,16,19). The molecule has 0 unspecified atom stereocenters. The zero-order valence-corrected chi connectivity index (χ0v) is 11.5. The molecular weight excluding hydrogens is 242 g/mol. The summed E-state index contributed by atoms with van der Waals surface area (Å²) in [5.41, 5.74) is 7.14. The molecular formula is C14H23N3O2. The van der Waals surface area contributed by atoms with Gasteiger partial charge in [0.05, 0.1) is 5.69 Å². The number of nitrogen functional groups attached to an aromatic ring is 1. The molecule has 4 N–H and O–H groups in total. The molecule has 0 spiro atoms. The van der Waals surface area contributed by atoms with E-state index in [1.54, 1.807) is 12.3 Å². The highest BCUT2D eigenvalue weighted by Crippen LogP contribution is 2.47. The number of anilines is 1. The summed E-state index contributed by atoms with van der Waals surface area (Å²) in [6.07, 6.45) is 5.71. The Morgan fingerprint density at radius 3 is 2.89 bits per heavy atom. The van der Waals surface area contributed by atoms with Crippen LogP contribution in [0.15, 0.2) is 12.3 Å². The minimum atomic E-state index is -0.0747. The van der Waals surface area contributed by atoms with Crippen LogP contribution in [0.4, 0.5) is 5.69 Å². The topological polar surface area (TPSA) is 80.3 Å². The molecule has 1 heterocycles. The van der Waals surface area contributed by atoms with E-state index in [4.69, 9.17) is 10.8 Å². The van der Waals surface area contributed by atoms with Crippen LogP contribution in [0.5, 0.6) is 0 Å². The fourth-order valence-electron chi connectivity index (χ4n) is 2.44. The lowest BCUT2D eigenvalue weighted by Gasteiger charge is -2.15. The Kier molecular flexibility index (Phi) is 4.14. The van der Waals surface area contributed by atoms with E-state index in [0.29, 0.717) is 17.9 Å². The number of nitrogens with zero attached hydrogens (tertiary/aromatic N) is 1. The molecule has 1 saturated carbocycles. The molecule has 1 aliphatic rings. The second kappa shape index (κ2) is 5.65. The summed E-state index contributed by atoms with van der Waals surface area (Å²) in [6.45, 7) is 3.69. The minimum absolute atomic E-state index is 0.0747. The minimum Gasteiger partial charge on any atom is -0.397 e. The summed E-state index contributed by atoms with van der Waals surface area (Å²) >= 11 is 0. The number of aliphatic hydroxyl groups excluding tert-OH is 1. The molecule has 0 radical (unpaired) electrons. The maximum absolute atomic E-state index is 12.2. The molecule has 1 aromatic rings. The van der Waals surface area contributed by atoms with Crippen molar-refractivity contribution in [3.63, 3.8) is 0 Å². The van der Waals surface area contributed by atoms with Gasteiger partial charge in [-0.15, -0.1) is 0 Å². The Morgan fingerprint density at radius 2 is 2.32 bits per heavy atom. The molecule has 2 rings (SSSR count). The van der Waals surface area contributed by atoms with Crippen LogP contribution >= 0.6 is 0 Å². The Balaban J connectivity index is 1.96. The number of hydrogen-bond acceptors (Lipinski definition) is 3. The molecule has 0 aliphatic heterocycles. The van der Waals surface area contributed by atoms with Gasteiger partial charge in [0, 0.05) is 25.9 Å². The third kappa shape index (κ3) is 3.29. The van der Waals surface area contributed by atoms with Gasteiger partial charge in [-0.3, -0.25) is 4.79 Å². The second-order valence-electron chi connectivity index (χ2n) is 5.51. The van der Waals surface area contributed by atoms with Crippen LogP contribution < -0.4 is 11.1 Å². The van der Waals surface area contributed by atoms with Crippen molar-refractivity contribution in [2.24, 2.45) is 5.41 Å². The Morgan fingerprint density at radius 1 is 1.58 bits per heavy atom. The van der Waals surface area contributed by atoms with Crippen molar-refractivity contribution < 1.29 is 9.90 Å². The van der Waals surface area contributed by atoms with E-state index in [1.165, 1.54) is 0 Å². The fraction of sp³-hybridized carbons (Fsp3) is 0.643. The van der Waals surface area contributed by atoms with Crippen LogP contribution in [-0.2, 0) is 6.54 Å². The van der Waals surface area contributed by atoms with Gasteiger partial charge in [-0.2, -0.15) is 0 Å². The molecule has 1 fully saturated rings. The van der Waals surface area contributed by atoms with Gasteiger partial charge in [-0.1, -0.05) is 6.92 Å². The highest BCUT2D eigenvalue weighted by Gasteiger charge is 2.42. The molecule has 0 atom stereocenters. The largest absolute Gasteiger partial charge is 0.397 e. The van der Waals surface area contributed by atoms with Gasteiger partial charge in [0.15, 0.2) is 0 Å². The van der Waals surface area contributed by atoms with Crippen molar-refractivity contribution in [2.45, 2.75) is 39.2 Å². The van der Waals surface area contributed by atoms with Crippen LogP contribution in [0.25, 0.3) is 0 Å². The lowest BCUT2D eigenvalue weighted by molar-refractivity contribution is 0.0931. The summed E-state index contributed by atoms with van der Waals surface area (Å²) in [7, 11) is 0. The zero-order valence-electron chi connectivity index (χ0n) is 11.5. The Bertz CT molecular complexity index is 450. The van der Waals surface area contributed by atoms with Crippen molar-refractivity contribution >= 4 is 11.6 Å². The number of rotatable bonds is 7. The predicted octanol–water partition coefficient (Wildman–Crippen LogP) is 1.37. The normalized spacial score (nSPS) is 16.3. The number of aliphatic hydroxyl groups is 1. The first kappa shape index (κ1) is 13.9. The second-order valence-corrected chi connectivity index (χ2v) is 5.51. The number of carbonyl (C=O) groups is 1. The summed E-state index contributed by atoms with van der Waals surface area (Å²) in [5, 5.41) is 12.0. The van der Waals surface area contributed by atoms with E-state index in [9.17, 15) is 4.79 Å². The molecule has 0 saturated heterocycles. The van der Waals surface area contributed by atoms with Crippen LogP contribution in [0, 0.1) is 5.41 Å². The third-order valence-electron chi connectivity index (χ3n) is 3.84. The van der Waals surface area contributed by atoms with Crippen molar-refractivity contribution in [3.8, 4) is 0 Å². The average Bonchev–Trinajstić information content (AvgIpc) is 3.04. The van der Waals surface area contributed by atoms with Gasteiger partial charge in [0.1, 0.15) is 5.69 Å². The number of aromatic nitrogens is 1. The van der Waals surface area contributed by atoms with E-state index in [-0.39, 0.29) is 17.9 Å². The number of nitrogens with one attached hydrogen (secondary N) is 1. The van der Waals surface area contributed by atoms with Gasteiger partial charge in [0.2, 0.25) is 0 Å². The molecule has 106 valence electrons. The van der Waals surface area contributed by atoms with Crippen LogP contribution in [-0.4, -0.2) is 28.7 Å². The lowest BCUT2D eigenvalue weighted by Crippen LogP contribution is -2.32. The lowest BCUT2D eigenvalue weighted by atomic mass is 10.0. The molecule has 1 amide bonds. The van der Waals surface area contributed by atoms with Crippen LogP contribution in [0.1, 0.15) is 43.1 Å². The highest BCUT2D eigenvalue weighted by atomic mass is 16.3. The smallest absolute Gasteiger partial charge is 0.268 e. The molecule has 1 aliphatic carbocycles. The maximum atomic E-state index is 12.2. The first-order chi connectivity index (χ1) is 9.10. The van der Waals surface area contributed by atoms with Crippen molar-refractivity contribution in [1.29, 1.82) is 0 Å². The quantitative estimate of drug-likeness (QED) is 0.696. The number of nitrogens with two attached hydrogens (primary N) is 1. The molecule has 1 aromatic heterocycles. The molecule has 0 aromatic carbocycles. The first-order valence-electron chi connectivity index (χ1n) is 6.95. The van der Waals surface area contributed by atoms with Gasteiger partial charge < -0.3 is 20.7 Å².